The minimum Gasteiger partial charge on any atom is -0.334 e. The zero-order valence-electron chi connectivity index (χ0n) is 17.6. The van der Waals surface area contributed by atoms with Gasteiger partial charge in [-0.2, -0.15) is 0 Å². The van der Waals surface area contributed by atoms with E-state index < -0.39 is 5.69 Å². The molecule has 0 saturated carbocycles. The fourth-order valence-corrected chi connectivity index (χ4v) is 4.33. The molecule has 5 rings (SSSR count). The summed E-state index contributed by atoms with van der Waals surface area (Å²) in [6.45, 7) is 1.50. The van der Waals surface area contributed by atoms with Crippen LogP contribution in [0.5, 0.6) is 0 Å². The minimum absolute atomic E-state index is 0.101. The number of carbonyl (C=O) groups excluding carboxylic acids is 1. The molecule has 0 radical (unpaired) electrons. The maximum atomic E-state index is 13.1. The molecule has 4 aromatic rings. The lowest BCUT2D eigenvalue weighted by molar-refractivity contribution is 0.0735. The standard InChI is InChI=1S/C26H23N3O3/c30-24(28-14-13-19-8-4-5-9-21(19)17-28)20-10-11-22-23(16-20)27-26(32)29(25(22)31)15-12-18-6-2-1-3-7-18/h1-11,16H,12-15,17H2,(H,27,32). The van der Waals surface area contributed by atoms with Gasteiger partial charge in [0.1, 0.15) is 0 Å². The van der Waals surface area contributed by atoms with Gasteiger partial charge in [0, 0.05) is 25.2 Å². The lowest BCUT2D eigenvalue weighted by Crippen LogP contribution is -2.37. The number of aryl methyl sites for hydroxylation is 1. The van der Waals surface area contributed by atoms with Crippen molar-refractivity contribution in [3.8, 4) is 0 Å². The molecular formula is C26H23N3O3. The van der Waals surface area contributed by atoms with E-state index in [2.05, 4.69) is 11.1 Å². The van der Waals surface area contributed by atoms with Gasteiger partial charge in [0.15, 0.2) is 0 Å². The number of hydrogen-bond acceptors (Lipinski definition) is 3. The Hall–Kier alpha value is -3.93. The highest BCUT2D eigenvalue weighted by atomic mass is 16.2. The maximum absolute atomic E-state index is 13.1. The van der Waals surface area contributed by atoms with Crippen molar-refractivity contribution in [2.45, 2.75) is 25.9 Å². The van der Waals surface area contributed by atoms with Crippen LogP contribution in [0.3, 0.4) is 0 Å². The smallest absolute Gasteiger partial charge is 0.328 e. The first-order chi connectivity index (χ1) is 15.6. The van der Waals surface area contributed by atoms with E-state index in [-0.39, 0.29) is 11.5 Å². The second kappa shape index (κ2) is 8.30. The zero-order valence-corrected chi connectivity index (χ0v) is 17.6. The Morgan fingerprint density at radius 3 is 2.47 bits per heavy atom. The molecule has 1 aromatic heterocycles. The molecule has 6 nitrogen and oxygen atoms in total. The normalized spacial score (nSPS) is 13.2. The molecule has 160 valence electrons. The third-order valence-corrected chi connectivity index (χ3v) is 6.11. The topological polar surface area (TPSA) is 75.2 Å². The SMILES string of the molecule is O=C(c1ccc2c(=O)n(CCc3ccccc3)c(=O)[nH]c2c1)N1CCc2ccccc2C1. The highest BCUT2D eigenvalue weighted by Crippen LogP contribution is 2.21. The molecule has 32 heavy (non-hydrogen) atoms. The van der Waals surface area contributed by atoms with Crippen LogP contribution in [0.4, 0.5) is 0 Å². The molecule has 6 heteroatoms. The Morgan fingerprint density at radius 2 is 1.66 bits per heavy atom. The number of amides is 1. The first kappa shape index (κ1) is 20.0. The van der Waals surface area contributed by atoms with Gasteiger partial charge in [0.2, 0.25) is 0 Å². The van der Waals surface area contributed by atoms with Gasteiger partial charge >= 0.3 is 5.69 Å². The van der Waals surface area contributed by atoms with E-state index in [9.17, 15) is 14.4 Å². The van der Waals surface area contributed by atoms with Gasteiger partial charge in [-0.25, -0.2) is 4.79 Å². The van der Waals surface area contributed by atoms with Crippen LogP contribution >= 0.6 is 0 Å². The number of carbonyl (C=O) groups is 1. The number of H-pyrrole nitrogens is 1. The van der Waals surface area contributed by atoms with Gasteiger partial charge in [0.05, 0.1) is 10.9 Å². The molecule has 0 spiro atoms. The van der Waals surface area contributed by atoms with E-state index in [1.54, 1.807) is 18.2 Å². The Balaban J connectivity index is 1.41. The zero-order chi connectivity index (χ0) is 22.1. The molecule has 0 unspecified atom stereocenters. The molecule has 1 aliphatic heterocycles. The molecule has 1 amide bonds. The molecule has 3 aromatic carbocycles. The number of aromatic amines is 1. The van der Waals surface area contributed by atoms with Gasteiger partial charge in [0.25, 0.3) is 11.5 Å². The number of benzene rings is 3. The van der Waals surface area contributed by atoms with Crippen molar-refractivity contribution < 1.29 is 4.79 Å². The third-order valence-electron chi connectivity index (χ3n) is 6.11. The number of hydrogen-bond donors (Lipinski definition) is 1. The third kappa shape index (κ3) is 3.75. The van der Waals surface area contributed by atoms with Crippen LogP contribution in [0.25, 0.3) is 10.9 Å². The summed E-state index contributed by atoms with van der Waals surface area (Å²) in [5.74, 6) is -0.101. The second-order valence-corrected chi connectivity index (χ2v) is 8.13. The van der Waals surface area contributed by atoms with E-state index in [0.29, 0.717) is 42.5 Å². The number of nitrogens with zero attached hydrogens (tertiary/aromatic N) is 2. The van der Waals surface area contributed by atoms with E-state index in [4.69, 9.17) is 0 Å². The lowest BCUT2D eigenvalue weighted by atomic mass is 9.99. The van der Waals surface area contributed by atoms with Gasteiger partial charge < -0.3 is 9.88 Å². The van der Waals surface area contributed by atoms with Crippen molar-refractivity contribution in [3.63, 3.8) is 0 Å². The summed E-state index contributed by atoms with van der Waals surface area (Å²) in [6, 6.07) is 22.8. The average Bonchev–Trinajstić information content (AvgIpc) is 2.83. The molecule has 2 heterocycles. The Bertz CT molecular complexity index is 1420. The van der Waals surface area contributed by atoms with Crippen LogP contribution in [0, 0.1) is 0 Å². The highest BCUT2D eigenvalue weighted by Gasteiger charge is 2.22. The summed E-state index contributed by atoms with van der Waals surface area (Å²) in [5, 5.41) is 0.401. The Morgan fingerprint density at radius 1 is 0.906 bits per heavy atom. The number of nitrogens with one attached hydrogen (secondary N) is 1. The summed E-state index contributed by atoms with van der Waals surface area (Å²) in [6.07, 6.45) is 1.40. The largest absolute Gasteiger partial charge is 0.334 e. The van der Waals surface area contributed by atoms with E-state index >= 15 is 0 Å². The van der Waals surface area contributed by atoms with E-state index in [1.165, 1.54) is 10.1 Å². The fraction of sp³-hybridized carbons (Fsp3) is 0.192. The summed E-state index contributed by atoms with van der Waals surface area (Å²) in [4.78, 5) is 43.2. The van der Waals surface area contributed by atoms with Gasteiger partial charge in [-0.3, -0.25) is 14.2 Å². The van der Waals surface area contributed by atoms with Gasteiger partial charge in [-0.05, 0) is 47.7 Å². The van der Waals surface area contributed by atoms with Crippen LogP contribution in [-0.4, -0.2) is 26.9 Å². The van der Waals surface area contributed by atoms with Crippen LogP contribution in [-0.2, 0) is 25.9 Å². The summed E-state index contributed by atoms with van der Waals surface area (Å²) < 4.78 is 1.22. The summed E-state index contributed by atoms with van der Waals surface area (Å²) in [7, 11) is 0. The predicted molar refractivity (Wildman–Crippen MR) is 124 cm³/mol. The second-order valence-electron chi connectivity index (χ2n) is 8.13. The molecule has 0 fully saturated rings. The summed E-state index contributed by atoms with van der Waals surface area (Å²) in [5.41, 5.74) is 3.54. The van der Waals surface area contributed by atoms with Crippen LogP contribution < -0.4 is 11.2 Å². The first-order valence-corrected chi connectivity index (χ1v) is 10.8. The number of rotatable bonds is 4. The monoisotopic (exact) mass is 425 g/mol. The van der Waals surface area contributed by atoms with Crippen LogP contribution in [0.2, 0.25) is 0 Å². The van der Waals surface area contributed by atoms with E-state index in [0.717, 1.165) is 17.5 Å². The Labute approximate surface area is 184 Å². The molecule has 0 atom stereocenters. The maximum Gasteiger partial charge on any atom is 0.328 e. The molecule has 1 N–H and O–H groups in total. The van der Waals surface area contributed by atoms with E-state index in [1.807, 2.05) is 53.4 Å². The Kier molecular flexibility index (Phi) is 5.19. The van der Waals surface area contributed by atoms with Crippen molar-refractivity contribution in [2.75, 3.05) is 6.54 Å². The number of aromatic nitrogens is 2. The first-order valence-electron chi connectivity index (χ1n) is 10.8. The molecule has 0 aliphatic carbocycles. The van der Waals surface area contributed by atoms with Crippen LogP contribution in [0.15, 0.2) is 82.4 Å². The highest BCUT2D eigenvalue weighted by molar-refractivity contribution is 5.97. The fourth-order valence-electron chi connectivity index (χ4n) is 4.33. The molecule has 1 aliphatic rings. The van der Waals surface area contributed by atoms with Crippen molar-refractivity contribution in [3.05, 3.63) is 116 Å². The average molecular weight is 425 g/mol. The molecule has 0 saturated heterocycles. The van der Waals surface area contributed by atoms with Crippen LogP contribution in [0.1, 0.15) is 27.0 Å². The molecule has 0 bridgehead atoms. The number of fused-ring (bicyclic) bond motifs is 2. The molecular weight excluding hydrogens is 402 g/mol. The predicted octanol–water partition coefficient (Wildman–Crippen LogP) is 3.13. The minimum atomic E-state index is -0.463. The summed E-state index contributed by atoms with van der Waals surface area (Å²) >= 11 is 0. The van der Waals surface area contributed by atoms with Crippen molar-refractivity contribution in [2.24, 2.45) is 0 Å². The van der Waals surface area contributed by atoms with Crippen molar-refractivity contribution in [1.82, 2.24) is 14.5 Å². The van der Waals surface area contributed by atoms with Gasteiger partial charge in [-0.1, -0.05) is 54.6 Å². The van der Waals surface area contributed by atoms with Crippen molar-refractivity contribution in [1.29, 1.82) is 0 Å². The van der Waals surface area contributed by atoms with Crippen molar-refractivity contribution >= 4 is 16.8 Å². The lowest BCUT2D eigenvalue weighted by Gasteiger charge is -2.29. The van der Waals surface area contributed by atoms with Gasteiger partial charge in [-0.15, -0.1) is 0 Å². The quantitative estimate of drug-likeness (QED) is 0.546.